The van der Waals surface area contributed by atoms with E-state index in [1.54, 1.807) is 0 Å². The first kappa shape index (κ1) is 16.0. The van der Waals surface area contributed by atoms with Crippen molar-refractivity contribution in [2.75, 3.05) is 6.54 Å². The van der Waals surface area contributed by atoms with Crippen LogP contribution >= 0.6 is 0 Å². The van der Waals surface area contributed by atoms with E-state index < -0.39 is 16.2 Å². The second kappa shape index (κ2) is 5.11. The lowest BCUT2D eigenvalue weighted by Gasteiger charge is -2.53. The Morgan fingerprint density at radius 3 is 2.10 bits per heavy atom. The number of fused-ring (bicyclic) bond motifs is 2. The Kier molecular flexibility index (Phi) is 3.89. The zero-order chi connectivity index (χ0) is 15.9. The highest BCUT2D eigenvalue weighted by Gasteiger charge is 2.60. The molecule has 2 atom stereocenters. The van der Waals surface area contributed by atoms with Crippen molar-refractivity contribution in [1.82, 2.24) is 10.6 Å². The summed E-state index contributed by atoms with van der Waals surface area (Å²) in [5, 5.41) is 5.45. The van der Waals surface area contributed by atoms with Gasteiger partial charge in [0, 0.05) is 22.8 Å². The molecule has 5 heteroatoms. The van der Waals surface area contributed by atoms with Crippen molar-refractivity contribution in [3.8, 4) is 0 Å². The first-order valence-electron chi connectivity index (χ1n) is 7.79. The van der Waals surface area contributed by atoms with Crippen LogP contribution in [-0.2, 0) is 14.4 Å². The lowest BCUT2D eigenvalue weighted by Crippen LogP contribution is -2.63. The van der Waals surface area contributed by atoms with Crippen molar-refractivity contribution in [3.05, 3.63) is 0 Å². The van der Waals surface area contributed by atoms with Gasteiger partial charge in [-0.3, -0.25) is 19.7 Å². The molecule has 0 aromatic rings. The van der Waals surface area contributed by atoms with Gasteiger partial charge < -0.3 is 5.32 Å². The van der Waals surface area contributed by atoms with E-state index >= 15 is 0 Å². The molecule has 1 saturated heterocycles. The Morgan fingerprint density at radius 2 is 1.62 bits per heavy atom. The summed E-state index contributed by atoms with van der Waals surface area (Å²) in [6, 6.07) is 0. The number of nitrogens with one attached hydrogen (secondary N) is 2. The maximum absolute atomic E-state index is 12.6. The zero-order valence-corrected chi connectivity index (χ0v) is 13.5. The summed E-state index contributed by atoms with van der Waals surface area (Å²) in [6.45, 7) is 8.34. The maximum Gasteiger partial charge on any atom is 0.232 e. The van der Waals surface area contributed by atoms with Crippen molar-refractivity contribution < 1.29 is 14.4 Å². The van der Waals surface area contributed by atoms with Gasteiger partial charge in [-0.1, -0.05) is 34.1 Å². The lowest BCUT2D eigenvalue weighted by molar-refractivity contribution is -0.164. The van der Waals surface area contributed by atoms with Crippen LogP contribution in [0.3, 0.4) is 0 Å². The first-order chi connectivity index (χ1) is 9.65. The van der Waals surface area contributed by atoms with Crippen LogP contribution in [0.25, 0.3) is 0 Å². The average molecular weight is 294 g/mol. The highest BCUT2D eigenvalue weighted by atomic mass is 16.2. The number of piperidine rings is 1. The molecule has 0 spiro atoms. The largest absolute Gasteiger partial charge is 0.356 e. The molecule has 1 aliphatic carbocycles. The second-order valence-corrected chi connectivity index (χ2v) is 7.61. The molecule has 0 radical (unpaired) electrons. The Morgan fingerprint density at radius 1 is 1.10 bits per heavy atom. The summed E-state index contributed by atoms with van der Waals surface area (Å²) < 4.78 is 0. The fourth-order valence-electron chi connectivity index (χ4n) is 4.25. The molecule has 3 amide bonds. The summed E-state index contributed by atoms with van der Waals surface area (Å²) in [5.41, 5.74) is -1.95. The van der Waals surface area contributed by atoms with Gasteiger partial charge in [0.1, 0.15) is 0 Å². The number of hydrogen-bond acceptors (Lipinski definition) is 3. The van der Waals surface area contributed by atoms with E-state index in [0.29, 0.717) is 25.8 Å². The van der Waals surface area contributed by atoms with Crippen molar-refractivity contribution >= 4 is 17.7 Å². The molecule has 2 aliphatic rings. The smallest absolute Gasteiger partial charge is 0.232 e. The van der Waals surface area contributed by atoms with Gasteiger partial charge in [0.2, 0.25) is 17.7 Å². The molecule has 21 heavy (non-hydrogen) atoms. The highest BCUT2D eigenvalue weighted by Crippen LogP contribution is 2.56. The van der Waals surface area contributed by atoms with Crippen molar-refractivity contribution in [2.45, 2.75) is 59.8 Å². The minimum Gasteiger partial charge on any atom is -0.356 e. The first-order valence-corrected chi connectivity index (χ1v) is 7.79. The van der Waals surface area contributed by atoms with E-state index in [9.17, 15) is 14.4 Å². The minimum absolute atomic E-state index is 0.0319. The van der Waals surface area contributed by atoms with Gasteiger partial charge in [0.15, 0.2) is 0 Å². The van der Waals surface area contributed by atoms with Crippen LogP contribution in [0.15, 0.2) is 0 Å². The summed E-state index contributed by atoms with van der Waals surface area (Å²) in [7, 11) is 0. The van der Waals surface area contributed by atoms with Gasteiger partial charge in [-0.2, -0.15) is 0 Å². The molecule has 1 aliphatic heterocycles. The van der Waals surface area contributed by atoms with E-state index in [1.165, 1.54) is 0 Å². The molecule has 2 bridgehead atoms. The third-order valence-corrected chi connectivity index (χ3v) is 5.03. The molecule has 2 unspecified atom stereocenters. The quantitative estimate of drug-likeness (QED) is 0.613. The number of carbonyl (C=O) groups excluding carboxylic acids is 3. The Labute approximate surface area is 126 Å². The van der Waals surface area contributed by atoms with Crippen molar-refractivity contribution in [1.29, 1.82) is 0 Å². The monoisotopic (exact) mass is 294 g/mol. The predicted molar refractivity (Wildman–Crippen MR) is 79.2 cm³/mol. The molecule has 5 nitrogen and oxygen atoms in total. The van der Waals surface area contributed by atoms with Gasteiger partial charge >= 0.3 is 0 Å². The van der Waals surface area contributed by atoms with E-state index in [-0.39, 0.29) is 17.7 Å². The molecule has 118 valence electrons. The molecule has 2 N–H and O–H groups in total. The third kappa shape index (κ3) is 2.70. The topological polar surface area (TPSA) is 75.3 Å². The van der Waals surface area contributed by atoms with Gasteiger partial charge in [-0.05, 0) is 25.7 Å². The molecular weight excluding hydrogens is 268 g/mol. The number of unbranched alkanes of at least 4 members (excludes halogenated alkanes) is 1. The molecule has 0 aromatic heterocycles. The fourth-order valence-corrected chi connectivity index (χ4v) is 4.25. The molecule has 1 heterocycles. The van der Waals surface area contributed by atoms with Crippen LogP contribution in [0.5, 0.6) is 0 Å². The van der Waals surface area contributed by atoms with Crippen molar-refractivity contribution in [2.24, 2.45) is 16.2 Å². The maximum atomic E-state index is 12.6. The molecule has 2 rings (SSSR count). The fraction of sp³-hybridized carbons (Fsp3) is 0.812. The summed E-state index contributed by atoms with van der Waals surface area (Å²) in [5.74, 6) is -0.509. The Bertz CT molecular complexity index is 460. The Balaban J connectivity index is 2.24. The number of carbonyl (C=O) groups is 3. The normalized spacial score (nSPS) is 38.9. The zero-order valence-electron chi connectivity index (χ0n) is 13.5. The average Bonchev–Trinajstić information content (AvgIpc) is 2.36. The highest BCUT2D eigenvalue weighted by molar-refractivity contribution is 6.04. The van der Waals surface area contributed by atoms with Crippen molar-refractivity contribution in [3.63, 3.8) is 0 Å². The molecular formula is C16H26N2O3. The van der Waals surface area contributed by atoms with Crippen LogP contribution in [-0.4, -0.2) is 24.3 Å². The van der Waals surface area contributed by atoms with Crippen LogP contribution < -0.4 is 10.6 Å². The number of hydrogen-bond donors (Lipinski definition) is 2. The van der Waals surface area contributed by atoms with E-state index in [0.717, 1.165) is 12.8 Å². The molecule has 2 fully saturated rings. The van der Waals surface area contributed by atoms with Gasteiger partial charge in [0.25, 0.3) is 0 Å². The summed E-state index contributed by atoms with van der Waals surface area (Å²) >= 11 is 0. The van der Waals surface area contributed by atoms with Gasteiger partial charge in [0.05, 0.1) is 0 Å². The molecule has 1 saturated carbocycles. The van der Waals surface area contributed by atoms with E-state index in [2.05, 4.69) is 17.6 Å². The van der Waals surface area contributed by atoms with Crippen LogP contribution in [0.1, 0.15) is 59.8 Å². The SMILES string of the molecule is CCCCNC(=O)C1(C)CC2(C)CC(C)(C1)C(=O)NC2=O. The third-order valence-electron chi connectivity index (χ3n) is 5.03. The lowest BCUT2D eigenvalue weighted by atomic mass is 9.52. The number of imide groups is 1. The van der Waals surface area contributed by atoms with Gasteiger partial charge in [-0.15, -0.1) is 0 Å². The minimum atomic E-state index is -0.664. The van der Waals surface area contributed by atoms with Crippen LogP contribution in [0.2, 0.25) is 0 Å². The number of amides is 3. The Hall–Kier alpha value is -1.39. The van der Waals surface area contributed by atoms with E-state index in [1.807, 2.05) is 20.8 Å². The van der Waals surface area contributed by atoms with Gasteiger partial charge in [-0.25, -0.2) is 0 Å². The van der Waals surface area contributed by atoms with E-state index in [4.69, 9.17) is 0 Å². The molecule has 0 aromatic carbocycles. The standard InChI is InChI=1S/C16H26N2O3/c1-5-6-7-17-11(19)14(2)8-15(3)10-16(4,9-14)13(21)18-12(15)20/h5-10H2,1-4H3,(H,17,19)(H,18,20,21). The summed E-state index contributed by atoms with van der Waals surface area (Å²) in [6.07, 6.45) is 3.48. The predicted octanol–water partition coefficient (Wildman–Crippen LogP) is 1.76. The summed E-state index contributed by atoms with van der Waals surface area (Å²) in [4.78, 5) is 36.9. The van der Waals surface area contributed by atoms with Crippen LogP contribution in [0.4, 0.5) is 0 Å². The van der Waals surface area contributed by atoms with Crippen LogP contribution in [0, 0.1) is 16.2 Å². The number of rotatable bonds is 4. The second-order valence-electron chi connectivity index (χ2n) is 7.61.